The molecule has 1 fully saturated rings. The van der Waals surface area contributed by atoms with Crippen LogP contribution in [-0.4, -0.2) is 31.7 Å². The van der Waals surface area contributed by atoms with E-state index in [0.717, 1.165) is 25.3 Å². The molecule has 0 aromatic heterocycles. The number of nitrogens with zero attached hydrogens (tertiary/aromatic N) is 1. The van der Waals surface area contributed by atoms with Crippen molar-refractivity contribution in [2.75, 3.05) is 18.4 Å². The van der Waals surface area contributed by atoms with Crippen LogP contribution in [0.1, 0.15) is 29.6 Å². The average Bonchev–Trinajstić information content (AvgIpc) is 2.64. The van der Waals surface area contributed by atoms with E-state index in [0.29, 0.717) is 18.1 Å². The molecule has 1 aliphatic heterocycles. The molecule has 3 rings (SSSR count). The van der Waals surface area contributed by atoms with Crippen molar-refractivity contribution >= 4 is 44.8 Å². The van der Waals surface area contributed by atoms with Crippen LogP contribution in [0.25, 0.3) is 0 Å². The minimum Gasteiger partial charge on any atom is -0.319 e. The van der Waals surface area contributed by atoms with Crippen LogP contribution < -0.4 is 5.32 Å². The quantitative estimate of drug-likeness (QED) is 0.772. The Morgan fingerprint density at radius 2 is 1.74 bits per heavy atom. The zero-order valence-corrected chi connectivity index (χ0v) is 16.5. The molecule has 2 aromatic rings. The number of benzene rings is 2. The van der Waals surface area contributed by atoms with Crippen LogP contribution in [0, 0.1) is 5.82 Å². The summed E-state index contributed by atoms with van der Waals surface area (Å²) in [5, 5.41) is 2.89. The first-order valence-corrected chi connectivity index (χ1v) is 10.5. The lowest BCUT2D eigenvalue weighted by Gasteiger charge is -2.26. The fourth-order valence-electron chi connectivity index (χ4n) is 2.88. The van der Waals surface area contributed by atoms with Crippen molar-refractivity contribution < 1.29 is 17.6 Å². The zero-order valence-electron chi connectivity index (χ0n) is 14.2. The van der Waals surface area contributed by atoms with E-state index in [1.165, 1.54) is 34.6 Å². The Labute approximate surface area is 167 Å². The number of carbonyl (C=O) groups is 1. The van der Waals surface area contributed by atoms with E-state index in [9.17, 15) is 17.6 Å². The Hall–Kier alpha value is -1.67. The fraction of sp³-hybridized carbons (Fsp3) is 0.278. The minimum absolute atomic E-state index is 0.129. The summed E-state index contributed by atoms with van der Waals surface area (Å²) in [6.45, 7) is 0.856. The highest BCUT2D eigenvalue weighted by atomic mass is 35.5. The Balaban J connectivity index is 1.81. The molecule has 1 saturated heterocycles. The van der Waals surface area contributed by atoms with Crippen LogP contribution in [0.4, 0.5) is 10.1 Å². The molecular weight excluding hydrogens is 414 g/mol. The molecule has 1 N–H and O–H groups in total. The molecule has 27 heavy (non-hydrogen) atoms. The monoisotopic (exact) mass is 430 g/mol. The predicted octanol–water partition coefficient (Wildman–Crippen LogP) is 4.56. The predicted molar refractivity (Wildman–Crippen MR) is 103 cm³/mol. The second kappa shape index (κ2) is 8.14. The van der Waals surface area contributed by atoms with Gasteiger partial charge in [0, 0.05) is 18.1 Å². The number of nitrogens with one attached hydrogen (secondary N) is 1. The number of sulfonamides is 1. The lowest BCUT2D eigenvalue weighted by Crippen LogP contribution is -2.35. The Kier molecular flexibility index (Phi) is 6.05. The first-order valence-electron chi connectivity index (χ1n) is 8.35. The fourth-order valence-corrected chi connectivity index (χ4v) is 4.90. The summed E-state index contributed by atoms with van der Waals surface area (Å²) in [5.41, 5.74) is -0.00547. The molecule has 9 heteroatoms. The van der Waals surface area contributed by atoms with Gasteiger partial charge < -0.3 is 5.32 Å². The van der Waals surface area contributed by atoms with E-state index in [-0.39, 0.29) is 21.2 Å². The van der Waals surface area contributed by atoms with Crippen LogP contribution in [0.3, 0.4) is 0 Å². The van der Waals surface area contributed by atoms with Crippen molar-refractivity contribution in [3.8, 4) is 0 Å². The maximum Gasteiger partial charge on any atom is 0.257 e. The van der Waals surface area contributed by atoms with Crippen molar-refractivity contribution in [2.24, 2.45) is 0 Å². The number of amides is 1. The number of anilines is 1. The topological polar surface area (TPSA) is 66.5 Å². The summed E-state index contributed by atoms with van der Waals surface area (Å²) >= 11 is 11.8. The molecule has 0 unspecified atom stereocenters. The smallest absolute Gasteiger partial charge is 0.257 e. The Bertz CT molecular complexity index is 977. The highest BCUT2D eigenvalue weighted by molar-refractivity contribution is 7.89. The van der Waals surface area contributed by atoms with Gasteiger partial charge in [0.05, 0.1) is 21.2 Å². The van der Waals surface area contributed by atoms with Gasteiger partial charge in [0.25, 0.3) is 5.91 Å². The maximum absolute atomic E-state index is 14.4. The summed E-state index contributed by atoms with van der Waals surface area (Å²) < 4.78 is 41.0. The molecular formula is C18H17Cl2FN2O3S. The van der Waals surface area contributed by atoms with Crippen molar-refractivity contribution in [3.63, 3.8) is 0 Å². The third-order valence-corrected chi connectivity index (χ3v) is 6.76. The molecule has 5 nitrogen and oxygen atoms in total. The molecule has 2 aromatic carbocycles. The van der Waals surface area contributed by atoms with Gasteiger partial charge in [-0.1, -0.05) is 29.6 Å². The number of halogens is 3. The summed E-state index contributed by atoms with van der Waals surface area (Å²) in [4.78, 5) is 12.2. The molecule has 0 bridgehead atoms. The molecule has 0 spiro atoms. The van der Waals surface area contributed by atoms with Gasteiger partial charge in [-0.25, -0.2) is 12.8 Å². The first-order chi connectivity index (χ1) is 12.8. The Morgan fingerprint density at radius 3 is 2.37 bits per heavy atom. The molecule has 0 atom stereocenters. The number of piperidine rings is 1. The maximum atomic E-state index is 14.4. The summed E-state index contributed by atoms with van der Waals surface area (Å²) in [7, 11) is -3.75. The number of carbonyl (C=O) groups excluding carboxylic acids is 1. The van der Waals surface area contributed by atoms with Gasteiger partial charge >= 0.3 is 0 Å². The first kappa shape index (κ1) is 20.1. The zero-order chi connectivity index (χ0) is 19.6. The Morgan fingerprint density at radius 1 is 1.04 bits per heavy atom. The molecule has 0 aliphatic carbocycles. The number of hydrogen-bond acceptors (Lipinski definition) is 3. The third-order valence-electron chi connectivity index (χ3n) is 4.32. The highest BCUT2D eigenvalue weighted by Gasteiger charge is 2.27. The van der Waals surface area contributed by atoms with Crippen LogP contribution >= 0.6 is 23.2 Å². The standard InChI is InChI=1S/C18H17Cl2FN2O3S/c19-12-4-6-14(15(20)10-12)18(24)22-17-7-5-13(11-16(17)21)27(25,26)23-8-2-1-3-9-23/h4-7,10-11H,1-3,8-9H2,(H,22,24). The average molecular weight is 431 g/mol. The van der Waals surface area contributed by atoms with Gasteiger partial charge in [0.1, 0.15) is 5.82 Å². The number of rotatable bonds is 4. The lowest BCUT2D eigenvalue weighted by molar-refractivity contribution is 0.102. The van der Waals surface area contributed by atoms with Gasteiger partial charge in [0.2, 0.25) is 10.0 Å². The van der Waals surface area contributed by atoms with Crippen molar-refractivity contribution in [2.45, 2.75) is 24.2 Å². The van der Waals surface area contributed by atoms with Crippen molar-refractivity contribution in [3.05, 3.63) is 57.8 Å². The van der Waals surface area contributed by atoms with E-state index in [1.54, 1.807) is 0 Å². The van der Waals surface area contributed by atoms with Gasteiger partial charge in [-0.2, -0.15) is 4.31 Å². The SMILES string of the molecule is O=C(Nc1ccc(S(=O)(=O)N2CCCCC2)cc1F)c1ccc(Cl)cc1Cl. The summed E-state index contributed by atoms with van der Waals surface area (Å²) in [5.74, 6) is -1.46. The van der Waals surface area contributed by atoms with Crippen molar-refractivity contribution in [1.82, 2.24) is 4.31 Å². The lowest BCUT2D eigenvalue weighted by atomic mass is 10.2. The second-order valence-corrected chi connectivity index (χ2v) is 8.97. The minimum atomic E-state index is -3.75. The third kappa shape index (κ3) is 4.43. The second-order valence-electron chi connectivity index (χ2n) is 6.18. The van der Waals surface area contributed by atoms with E-state index < -0.39 is 21.7 Å². The van der Waals surface area contributed by atoms with Gasteiger partial charge in [-0.05, 0) is 49.2 Å². The largest absolute Gasteiger partial charge is 0.319 e. The van der Waals surface area contributed by atoms with Gasteiger partial charge in [-0.3, -0.25) is 4.79 Å². The van der Waals surface area contributed by atoms with E-state index in [2.05, 4.69) is 5.32 Å². The normalized spacial score (nSPS) is 15.5. The van der Waals surface area contributed by atoms with E-state index >= 15 is 0 Å². The van der Waals surface area contributed by atoms with Crippen LogP contribution in [0.5, 0.6) is 0 Å². The number of hydrogen-bond donors (Lipinski definition) is 1. The summed E-state index contributed by atoms with van der Waals surface area (Å²) in [6, 6.07) is 7.76. The molecule has 1 amide bonds. The molecule has 0 saturated carbocycles. The molecule has 144 valence electrons. The van der Waals surface area contributed by atoms with Crippen LogP contribution in [0.2, 0.25) is 10.0 Å². The van der Waals surface area contributed by atoms with Gasteiger partial charge in [-0.15, -0.1) is 0 Å². The molecule has 1 heterocycles. The van der Waals surface area contributed by atoms with Crippen LogP contribution in [-0.2, 0) is 10.0 Å². The van der Waals surface area contributed by atoms with E-state index in [1.807, 2.05) is 0 Å². The molecule has 0 radical (unpaired) electrons. The summed E-state index contributed by atoms with van der Waals surface area (Å²) in [6.07, 6.45) is 2.56. The van der Waals surface area contributed by atoms with Crippen LogP contribution in [0.15, 0.2) is 41.3 Å². The van der Waals surface area contributed by atoms with Crippen molar-refractivity contribution in [1.29, 1.82) is 0 Å². The highest BCUT2D eigenvalue weighted by Crippen LogP contribution is 2.26. The molecule has 1 aliphatic rings. The van der Waals surface area contributed by atoms with Gasteiger partial charge in [0.15, 0.2) is 0 Å². The van der Waals surface area contributed by atoms with E-state index in [4.69, 9.17) is 23.2 Å².